The predicted molar refractivity (Wildman–Crippen MR) is 102 cm³/mol. The Hall–Kier alpha value is -1.35. The van der Waals surface area contributed by atoms with E-state index in [0.717, 1.165) is 35.6 Å². The first kappa shape index (κ1) is 21.7. The van der Waals surface area contributed by atoms with Gasteiger partial charge in [-0.25, -0.2) is 9.97 Å². The number of rotatable bonds is 5. The second kappa shape index (κ2) is 9.96. The Balaban J connectivity index is 0.00000156. The quantitative estimate of drug-likeness (QED) is 0.375. The Labute approximate surface area is 178 Å². The zero-order valence-electron chi connectivity index (χ0n) is 14.6. The van der Waals surface area contributed by atoms with Crippen molar-refractivity contribution in [3.63, 3.8) is 0 Å². The van der Waals surface area contributed by atoms with Crippen LogP contribution in [0.2, 0.25) is 0 Å². The average molecular weight is 426 g/mol. The van der Waals surface area contributed by atoms with Crippen LogP contribution in [0.5, 0.6) is 0 Å². The second-order valence-corrected chi connectivity index (χ2v) is 6.29. The first-order valence-corrected chi connectivity index (χ1v) is 8.30. The van der Waals surface area contributed by atoms with Crippen molar-refractivity contribution in [2.45, 2.75) is 36.4 Å². The molecule has 2 aromatic heterocycles. The number of nitrogen functional groups attached to an aromatic ring is 1. The zero-order valence-corrected chi connectivity index (χ0v) is 18.2. The van der Waals surface area contributed by atoms with Crippen LogP contribution in [0.3, 0.4) is 0 Å². The molecular weight excluding hydrogens is 405 g/mol. The molecule has 0 saturated carbocycles. The van der Waals surface area contributed by atoms with E-state index in [2.05, 4.69) is 34.5 Å². The molecule has 6 heteroatoms. The summed E-state index contributed by atoms with van der Waals surface area (Å²) in [6.45, 7) is 2.92. The smallest absolute Gasteiger partial charge is 0.174 e. The number of aromatic nitrogens is 3. The van der Waals surface area contributed by atoms with Crippen LogP contribution in [-0.4, -0.2) is 14.5 Å². The van der Waals surface area contributed by atoms with Crippen molar-refractivity contribution < 1.29 is 32.7 Å². The molecule has 0 aliphatic rings. The van der Waals surface area contributed by atoms with E-state index in [1.54, 1.807) is 18.0 Å². The van der Waals surface area contributed by atoms with Gasteiger partial charge in [-0.3, -0.25) is 0 Å². The largest absolute Gasteiger partial charge is 0.382 e. The molecule has 3 rings (SSSR count). The van der Waals surface area contributed by atoms with Gasteiger partial charge in [0.25, 0.3) is 0 Å². The van der Waals surface area contributed by atoms with Crippen molar-refractivity contribution in [3.05, 3.63) is 49.5 Å². The maximum atomic E-state index is 5.99. The number of unbranched alkanes of at least 4 members (excludes halogenated alkanes) is 1. The minimum atomic E-state index is 0. The number of hydrogen-bond acceptors (Lipinski definition) is 4. The molecule has 0 amide bonds. The van der Waals surface area contributed by atoms with E-state index < -0.39 is 0 Å². The number of fused-ring (bicyclic) bond motifs is 1. The molecule has 2 N–H and O–H groups in total. The van der Waals surface area contributed by atoms with Crippen molar-refractivity contribution in [1.29, 1.82) is 0 Å². The van der Waals surface area contributed by atoms with E-state index in [1.165, 1.54) is 10.5 Å². The molecule has 1 aromatic carbocycles. The monoisotopic (exact) mass is 426 g/mol. The summed E-state index contributed by atoms with van der Waals surface area (Å²) in [4.78, 5) is 10.0. The molecule has 25 heavy (non-hydrogen) atoms. The van der Waals surface area contributed by atoms with E-state index >= 15 is 0 Å². The van der Waals surface area contributed by atoms with Gasteiger partial charge >= 0.3 is 0 Å². The number of anilines is 1. The summed E-state index contributed by atoms with van der Waals surface area (Å²) in [5, 5.41) is 0.922. The summed E-state index contributed by atoms with van der Waals surface area (Å²) < 4.78 is 2.18. The second-order valence-electron chi connectivity index (χ2n) is 5.29. The SMILES string of the molecule is C#CCCCn1c(Sc2ccccc2C)nc2c(N)nccc21.[CH3-].[Y]. The molecule has 0 fully saturated rings. The van der Waals surface area contributed by atoms with Crippen molar-refractivity contribution >= 4 is 28.6 Å². The maximum absolute atomic E-state index is 5.99. The third-order valence-corrected chi connectivity index (χ3v) is 4.83. The van der Waals surface area contributed by atoms with Crippen molar-refractivity contribution in [3.8, 4) is 12.3 Å². The summed E-state index contributed by atoms with van der Waals surface area (Å²) >= 11 is 1.65. The molecule has 0 aliphatic heterocycles. The van der Waals surface area contributed by atoms with Crippen molar-refractivity contribution in [1.82, 2.24) is 14.5 Å². The van der Waals surface area contributed by atoms with Gasteiger partial charge in [-0.15, -0.1) is 12.3 Å². The van der Waals surface area contributed by atoms with Crippen molar-refractivity contribution in [2.24, 2.45) is 0 Å². The third kappa shape index (κ3) is 4.85. The van der Waals surface area contributed by atoms with Crippen LogP contribution in [0.25, 0.3) is 11.0 Å². The number of hydrogen-bond donors (Lipinski definition) is 1. The van der Waals surface area contributed by atoms with Crippen molar-refractivity contribution in [2.75, 3.05) is 5.73 Å². The fraction of sp³-hybridized carbons (Fsp3) is 0.211. The van der Waals surface area contributed by atoms with Crippen LogP contribution < -0.4 is 5.73 Å². The molecule has 0 spiro atoms. The van der Waals surface area contributed by atoms with Gasteiger partial charge in [0.05, 0.1) is 5.52 Å². The minimum Gasteiger partial charge on any atom is -0.382 e. The summed E-state index contributed by atoms with van der Waals surface area (Å²) in [7, 11) is 0. The van der Waals surface area contributed by atoms with E-state index in [1.807, 2.05) is 18.2 Å². The number of benzene rings is 1. The van der Waals surface area contributed by atoms with Crippen LogP contribution in [0.15, 0.2) is 46.6 Å². The van der Waals surface area contributed by atoms with Crippen LogP contribution in [0.1, 0.15) is 18.4 Å². The number of nitrogens with two attached hydrogens (primary N) is 1. The number of aryl methyl sites for hydroxylation is 2. The zero-order chi connectivity index (χ0) is 16.2. The molecule has 3 aromatic rings. The van der Waals surface area contributed by atoms with Crippen LogP contribution in [0.4, 0.5) is 5.82 Å². The van der Waals surface area contributed by atoms with Gasteiger partial charge in [0.2, 0.25) is 0 Å². The predicted octanol–water partition coefficient (Wildman–Crippen LogP) is 4.33. The van der Waals surface area contributed by atoms with Crippen LogP contribution in [0, 0.1) is 26.7 Å². The van der Waals surface area contributed by atoms with Gasteiger partial charge in [0.15, 0.2) is 11.0 Å². The first-order chi connectivity index (χ1) is 11.2. The number of imidazole rings is 1. The molecule has 4 nitrogen and oxygen atoms in total. The molecule has 0 aliphatic carbocycles. The summed E-state index contributed by atoms with van der Waals surface area (Å²) in [6.07, 6.45) is 8.75. The van der Waals surface area contributed by atoms with Gasteiger partial charge in [0, 0.05) is 56.8 Å². The molecule has 0 unspecified atom stereocenters. The fourth-order valence-electron chi connectivity index (χ4n) is 2.45. The third-order valence-electron chi connectivity index (χ3n) is 3.66. The van der Waals surface area contributed by atoms with Gasteiger partial charge in [-0.1, -0.05) is 30.0 Å². The van der Waals surface area contributed by atoms with E-state index in [0.29, 0.717) is 5.82 Å². The van der Waals surface area contributed by atoms with Gasteiger partial charge in [-0.05, 0) is 31.0 Å². The average Bonchev–Trinajstić information content (AvgIpc) is 2.89. The van der Waals surface area contributed by atoms with Crippen LogP contribution in [-0.2, 0) is 39.3 Å². The Kier molecular flexibility index (Phi) is 8.65. The van der Waals surface area contributed by atoms with Crippen LogP contribution >= 0.6 is 11.8 Å². The van der Waals surface area contributed by atoms with E-state index in [4.69, 9.17) is 17.1 Å². The number of nitrogens with zero attached hydrogens (tertiary/aromatic N) is 3. The molecule has 0 saturated heterocycles. The normalized spacial score (nSPS) is 9.92. The Morgan fingerprint density at radius 1 is 1.28 bits per heavy atom. The van der Waals surface area contributed by atoms with Gasteiger partial charge < -0.3 is 17.7 Å². The molecule has 127 valence electrons. The molecule has 0 atom stereocenters. The topological polar surface area (TPSA) is 56.7 Å². The first-order valence-electron chi connectivity index (χ1n) is 7.48. The Morgan fingerprint density at radius 2 is 2.04 bits per heavy atom. The molecular formula is C19H21N4SY-. The number of pyridine rings is 1. The molecule has 0 bridgehead atoms. The molecule has 1 radical (unpaired) electrons. The minimum absolute atomic E-state index is 0. The number of terminal acetylenes is 1. The summed E-state index contributed by atoms with van der Waals surface area (Å²) in [5.41, 5.74) is 8.97. The van der Waals surface area contributed by atoms with E-state index in [9.17, 15) is 0 Å². The standard InChI is InChI=1S/C18H18N4S.CH3.Y/c1-3-4-7-12-22-14-10-11-20-17(19)16(14)21-18(22)23-15-9-6-5-8-13(15)2;;/h1,5-6,8-11H,4,7,12H2,2H3,(H2,19,20);1H3;/q;-1;. The summed E-state index contributed by atoms with van der Waals surface area (Å²) in [5.74, 6) is 3.15. The Bertz CT molecular complexity index is 883. The maximum Gasteiger partial charge on any atom is 0.174 e. The summed E-state index contributed by atoms with van der Waals surface area (Å²) in [6, 6.07) is 10.2. The Morgan fingerprint density at radius 3 is 2.76 bits per heavy atom. The fourth-order valence-corrected chi connectivity index (χ4v) is 3.46. The molecule has 2 heterocycles. The van der Waals surface area contributed by atoms with Gasteiger partial charge in [0.1, 0.15) is 5.52 Å². The van der Waals surface area contributed by atoms with Gasteiger partial charge in [-0.2, -0.15) is 0 Å². The van der Waals surface area contributed by atoms with E-state index in [-0.39, 0.29) is 40.1 Å².